The molecule has 2 aromatic rings. The Bertz CT molecular complexity index is 937. The number of allylic oxidation sites excluding steroid dienone is 1. The van der Waals surface area contributed by atoms with Crippen molar-refractivity contribution in [1.82, 2.24) is 5.32 Å². The number of hydrogen-bond acceptors (Lipinski definition) is 1. The van der Waals surface area contributed by atoms with Crippen LogP contribution in [0.2, 0.25) is 15.1 Å². The number of hydrogen-bond donors (Lipinski definition) is 1. The van der Waals surface area contributed by atoms with E-state index in [4.69, 9.17) is 34.8 Å². The van der Waals surface area contributed by atoms with E-state index in [1.807, 2.05) is 31.2 Å². The Labute approximate surface area is 174 Å². The Morgan fingerprint density at radius 3 is 2.37 bits per heavy atom. The second-order valence-corrected chi connectivity index (χ2v) is 8.92. The van der Waals surface area contributed by atoms with E-state index in [0.29, 0.717) is 21.6 Å². The molecule has 1 fully saturated rings. The number of benzene rings is 2. The Hall–Kier alpha value is -1.48. The third kappa shape index (κ3) is 2.99. The van der Waals surface area contributed by atoms with Crippen LogP contribution in [0.4, 0.5) is 0 Å². The van der Waals surface area contributed by atoms with Crippen LogP contribution in [0, 0.1) is 11.3 Å². The van der Waals surface area contributed by atoms with E-state index in [0.717, 1.165) is 16.7 Å². The lowest BCUT2D eigenvalue weighted by molar-refractivity contribution is -0.126. The van der Waals surface area contributed by atoms with Crippen LogP contribution >= 0.6 is 34.8 Å². The van der Waals surface area contributed by atoms with Crippen LogP contribution in [0.5, 0.6) is 0 Å². The molecular formula is C22H20Cl3NO. The number of carbonyl (C=O) groups is 1. The summed E-state index contributed by atoms with van der Waals surface area (Å²) in [6.07, 6.45) is 2.20. The third-order valence-electron chi connectivity index (χ3n) is 6.34. The van der Waals surface area contributed by atoms with Gasteiger partial charge >= 0.3 is 0 Å². The van der Waals surface area contributed by atoms with Crippen molar-refractivity contribution in [3.63, 3.8) is 0 Å². The summed E-state index contributed by atoms with van der Waals surface area (Å²) < 4.78 is 0. The van der Waals surface area contributed by atoms with Crippen molar-refractivity contribution in [2.75, 3.05) is 6.54 Å². The Kier molecular flexibility index (Phi) is 4.78. The predicted molar refractivity (Wildman–Crippen MR) is 112 cm³/mol. The van der Waals surface area contributed by atoms with Crippen molar-refractivity contribution < 1.29 is 4.79 Å². The van der Waals surface area contributed by atoms with Gasteiger partial charge in [0.15, 0.2) is 0 Å². The SMILES string of the molecule is CC1=C[C@@H](c2ccc(Cl)cc2Cl)[C@H](c2ccc(Cl)cc2)[C@@H]2CNC(=O)[C@]12C. The van der Waals surface area contributed by atoms with Crippen LogP contribution in [-0.2, 0) is 4.79 Å². The minimum Gasteiger partial charge on any atom is -0.355 e. The molecule has 140 valence electrons. The molecule has 5 heteroatoms. The topological polar surface area (TPSA) is 29.1 Å². The zero-order valence-corrected chi connectivity index (χ0v) is 17.4. The highest BCUT2D eigenvalue weighted by Gasteiger charge is 2.55. The number of nitrogens with one attached hydrogen (secondary N) is 1. The molecule has 0 spiro atoms. The summed E-state index contributed by atoms with van der Waals surface area (Å²) in [6.45, 7) is 4.75. The Morgan fingerprint density at radius 2 is 1.70 bits per heavy atom. The van der Waals surface area contributed by atoms with Gasteiger partial charge < -0.3 is 5.32 Å². The fraction of sp³-hybridized carbons (Fsp3) is 0.318. The summed E-state index contributed by atoms with van der Waals surface area (Å²) in [5, 5.41) is 5.05. The van der Waals surface area contributed by atoms with E-state index in [1.165, 1.54) is 0 Å². The molecule has 2 aromatic carbocycles. The van der Waals surface area contributed by atoms with Crippen molar-refractivity contribution in [2.24, 2.45) is 11.3 Å². The number of halogens is 3. The van der Waals surface area contributed by atoms with Gasteiger partial charge in [0, 0.05) is 39.4 Å². The summed E-state index contributed by atoms with van der Waals surface area (Å²) in [4.78, 5) is 12.7. The lowest BCUT2D eigenvalue weighted by Crippen LogP contribution is -2.40. The summed E-state index contributed by atoms with van der Waals surface area (Å²) in [5.41, 5.74) is 2.76. The molecule has 0 bridgehead atoms. The fourth-order valence-corrected chi connectivity index (χ4v) is 5.35. The minimum absolute atomic E-state index is 0.0571. The first-order valence-electron chi connectivity index (χ1n) is 9.00. The van der Waals surface area contributed by atoms with Gasteiger partial charge in [0.2, 0.25) is 5.91 Å². The molecular weight excluding hydrogens is 401 g/mol. The molecule has 1 heterocycles. The molecule has 2 nitrogen and oxygen atoms in total. The zero-order chi connectivity index (χ0) is 19.3. The molecule has 1 N–H and O–H groups in total. The first-order chi connectivity index (χ1) is 12.8. The molecule has 1 aliphatic carbocycles. The molecule has 1 amide bonds. The Morgan fingerprint density at radius 1 is 1.04 bits per heavy atom. The van der Waals surface area contributed by atoms with E-state index in [2.05, 4.69) is 30.4 Å². The van der Waals surface area contributed by atoms with Gasteiger partial charge in [-0.05, 0) is 49.2 Å². The monoisotopic (exact) mass is 419 g/mol. The maximum absolute atomic E-state index is 12.7. The smallest absolute Gasteiger partial charge is 0.230 e. The lowest BCUT2D eigenvalue weighted by Gasteiger charge is -2.44. The summed E-state index contributed by atoms with van der Waals surface area (Å²) in [5.74, 6) is 0.393. The van der Waals surface area contributed by atoms with Crippen LogP contribution in [-0.4, -0.2) is 12.5 Å². The highest BCUT2D eigenvalue weighted by Crippen LogP contribution is 2.56. The number of carbonyl (C=O) groups excluding carboxylic acids is 1. The van der Waals surface area contributed by atoms with Gasteiger partial charge in [-0.2, -0.15) is 0 Å². The highest BCUT2D eigenvalue weighted by atomic mass is 35.5. The van der Waals surface area contributed by atoms with Gasteiger partial charge in [0.05, 0.1) is 5.41 Å². The van der Waals surface area contributed by atoms with E-state index in [1.54, 1.807) is 6.07 Å². The highest BCUT2D eigenvalue weighted by molar-refractivity contribution is 6.35. The maximum atomic E-state index is 12.7. The van der Waals surface area contributed by atoms with E-state index in [9.17, 15) is 4.79 Å². The molecule has 1 aliphatic heterocycles. The lowest BCUT2D eigenvalue weighted by atomic mass is 9.58. The number of fused-ring (bicyclic) bond motifs is 1. The van der Waals surface area contributed by atoms with Crippen LogP contribution in [0.1, 0.15) is 36.8 Å². The third-order valence-corrected chi connectivity index (χ3v) is 7.16. The van der Waals surface area contributed by atoms with Crippen LogP contribution in [0.25, 0.3) is 0 Å². The first-order valence-corrected chi connectivity index (χ1v) is 10.1. The fourth-order valence-electron chi connectivity index (χ4n) is 4.69. The van der Waals surface area contributed by atoms with Gasteiger partial charge in [-0.1, -0.05) is 64.7 Å². The van der Waals surface area contributed by atoms with Gasteiger partial charge in [-0.25, -0.2) is 0 Å². The molecule has 27 heavy (non-hydrogen) atoms. The quantitative estimate of drug-likeness (QED) is 0.574. The van der Waals surface area contributed by atoms with E-state index in [-0.39, 0.29) is 23.7 Å². The minimum atomic E-state index is -0.514. The molecule has 1 saturated heterocycles. The van der Waals surface area contributed by atoms with Crippen molar-refractivity contribution >= 4 is 40.7 Å². The average Bonchev–Trinajstić information content (AvgIpc) is 2.93. The van der Waals surface area contributed by atoms with Crippen LogP contribution < -0.4 is 5.32 Å². The average molecular weight is 421 g/mol. The normalized spacial score (nSPS) is 29.9. The van der Waals surface area contributed by atoms with Crippen molar-refractivity contribution in [3.05, 3.63) is 80.3 Å². The summed E-state index contributed by atoms with van der Waals surface area (Å²) in [7, 11) is 0. The largest absolute Gasteiger partial charge is 0.355 e. The van der Waals surface area contributed by atoms with E-state index >= 15 is 0 Å². The summed E-state index contributed by atoms with van der Waals surface area (Å²) >= 11 is 18.8. The first kappa shape index (κ1) is 18.9. The molecule has 2 aliphatic rings. The van der Waals surface area contributed by atoms with Crippen molar-refractivity contribution in [3.8, 4) is 0 Å². The van der Waals surface area contributed by atoms with Gasteiger partial charge in [0.25, 0.3) is 0 Å². The number of amides is 1. The predicted octanol–water partition coefficient (Wildman–Crippen LogP) is 6.23. The van der Waals surface area contributed by atoms with Crippen LogP contribution in [0.3, 0.4) is 0 Å². The molecule has 4 rings (SSSR count). The second kappa shape index (κ2) is 6.84. The van der Waals surface area contributed by atoms with Crippen LogP contribution in [0.15, 0.2) is 54.1 Å². The molecule has 0 aromatic heterocycles. The number of rotatable bonds is 2. The zero-order valence-electron chi connectivity index (χ0n) is 15.1. The van der Waals surface area contributed by atoms with Gasteiger partial charge in [-0.3, -0.25) is 4.79 Å². The molecule has 0 radical (unpaired) electrons. The standard InChI is InChI=1S/C22H20Cl3NO/c1-12-9-17(16-8-7-15(24)10-19(16)25)20(13-3-5-14(23)6-4-13)18-11-26-21(27)22(12,18)2/h3-10,17-18,20H,11H2,1-2H3,(H,26,27)/t17-,18-,20-,22+/m0/s1. The second-order valence-electron chi connectivity index (χ2n) is 7.64. The summed E-state index contributed by atoms with van der Waals surface area (Å²) in [6, 6.07) is 13.6. The van der Waals surface area contributed by atoms with Gasteiger partial charge in [-0.15, -0.1) is 0 Å². The maximum Gasteiger partial charge on any atom is 0.230 e. The van der Waals surface area contributed by atoms with E-state index < -0.39 is 5.41 Å². The molecule has 0 unspecified atom stereocenters. The van der Waals surface area contributed by atoms with Crippen molar-refractivity contribution in [2.45, 2.75) is 25.7 Å². The molecule has 4 atom stereocenters. The molecule has 0 saturated carbocycles. The van der Waals surface area contributed by atoms with Gasteiger partial charge in [0.1, 0.15) is 0 Å². The van der Waals surface area contributed by atoms with Crippen molar-refractivity contribution in [1.29, 1.82) is 0 Å². The Balaban J connectivity index is 1.91.